The van der Waals surface area contributed by atoms with Crippen molar-refractivity contribution < 1.29 is 14.6 Å². The van der Waals surface area contributed by atoms with Crippen LogP contribution in [-0.4, -0.2) is 51.1 Å². The van der Waals surface area contributed by atoms with E-state index in [1.807, 2.05) is 24.3 Å². The Bertz CT molecular complexity index is 1390. The molecular formula is C23H21BrN6O3. The van der Waals surface area contributed by atoms with Crippen molar-refractivity contribution >= 4 is 56.1 Å². The van der Waals surface area contributed by atoms with E-state index in [1.165, 1.54) is 10.9 Å². The van der Waals surface area contributed by atoms with Gasteiger partial charge in [0, 0.05) is 23.2 Å². The van der Waals surface area contributed by atoms with Crippen molar-refractivity contribution in [3.63, 3.8) is 0 Å². The van der Waals surface area contributed by atoms with Gasteiger partial charge in [-0.2, -0.15) is 9.78 Å². The second-order valence-electron chi connectivity index (χ2n) is 7.75. The molecule has 1 atom stereocenters. The Morgan fingerprint density at radius 3 is 2.85 bits per heavy atom. The Hall–Kier alpha value is -3.50. The van der Waals surface area contributed by atoms with Crippen molar-refractivity contribution in [1.82, 2.24) is 20.0 Å². The summed E-state index contributed by atoms with van der Waals surface area (Å²) in [6, 6.07) is 12.4. The number of aromatic nitrogens is 3. The van der Waals surface area contributed by atoms with Crippen LogP contribution < -0.4 is 11.1 Å². The number of fused-ring (bicyclic) bond motifs is 2. The number of ether oxygens (including phenoxy) is 1. The number of nitrogens with two attached hydrogens (primary N) is 1. The highest BCUT2D eigenvalue weighted by Crippen LogP contribution is 2.28. The van der Waals surface area contributed by atoms with Gasteiger partial charge in [0.05, 0.1) is 23.4 Å². The summed E-state index contributed by atoms with van der Waals surface area (Å²) in [4.78, 5) is 22.5. The number of amides is 1. The summed E-state index contributed by atoms with van der Waals surface area (Å²) in [7, 11) is 0. The first-order valence-electron chi connectivity index (χ1n) is 10.5. The predicted octanol–water partition coefficient (Wildman–Crippen LogP) is 3.43. The summed E-state index contributed by atoms with van der Waals surface area (Å²) in [6.07, 6.45) is 3.34. The van der Waals surface area contributed by atoms with Crippen LogP contribution in [0.5, 0.6) is 5.75 Å². The van der Waals surface area contributed by atoms with Crippen LogP contribution in [0.3, 0.4) is 0 Å². The number of nitrogens with one attached hydrogen (secondary N) is 1. The highest BCUT2D eigenvalue weighted by Gasteiger charge is 2.25. The van der Waals surface area contributed by atoms with Crippen LogP contribution in [0.15, 0.2) is 52.0 Å². The van der Waals surface area contributed by atoms with Gasteiger partial charge in [-0.15, -0.1) is 0 Å². The number of carbonyl (C=O) groups is 1. The van der Waals surface area contributed by atoms with Crippen molar-refractivity contribution in [2.45, 2.75) is 18.9 Å². The first kappa shape index (κ1) is 21.4. The molecule has 0 radical (unpaired) electrons. The number of nitrogen functional groups attached to an aromatic ring is 1. The number of hydrogen-bond acceptors (Lipinski definition) is 7. The maximum atomic E-state index is 13.1. The number of anilines is 1. The van der Waals surface area contributed by atoms with E-state index in [9.17, 15) is 9.90 Å². The number of rotatable bonds is 5. The molecular weight excluding hydrogens is 488 g/mol. The number of phenols is 1. The quantitative estimate of drug-likeness (QED) is 0.354. The third-order valence-corrected chi connectivity index (χ3v) is 6.01. The monoisotopic (exact) mass is 508 g/mol. The molecule has 9 nitrogen and oxygen atoms in total. The van der Waals surface area contributed by atoms with Crippen molar-refractivity contribution in [3.05, 3.63) is 58.1 Å². The van der Waals surface area contributed by atoms with Gasteiger partial charge in [-0.1, -0.05) is 28.1 Å². The number of aromatic hydroxyl groups is 1. The van der Waals surface area contributed by atoms with Gasteiger partial charge in [0.2, 0.25) is 0 Å². The first-order valence-corrected chi connectivity index (χ1v) is 11.3. The molecule has 33 heavy (non-hydrogen) atoms. The van der Waals surface area contributed by atoms with Crippen molar-refractivity contribution in [1.29, 1.82) is 0 Å². The zero-order chi connectivity index (χ0) is 22.9. The maximum absolute atomic E-state index is 13.1. The van der Waals surface area contributed by atoms with E-state index >= 15 is 0 Å². The third-order valence-electron chi connectivity index (χ3n) is 5.52. The second-order valence-corrected chi connectivity index (χ2v) is 8.67. The van der Waals surface area contributed by atoms with Crippen molar-refractivity contribution in [2.24, 2.45) is 5.10 Å². The molecule has 0 saturated carbocycles. The molecule has 3 heterocycles. The normalized spacial score (nSPS) is 16.2. The van der Waals surface area contributed by atoms with Gasteiger partial charge < -0.3 is 20.9 Å². The largest absolute Gasteiger partial charge is 0.507 e. The summed E-state index contributed by atoms with van der Waals surface area (Å²) < 4.78 is 7.75. The van der Waals surface area contributed by atoms with Gasteiger partial charge >= 0.3 is 0 Å². The Morgan fingerprint density at radius 1 is 1.30 bits per heavy atom. The molecule has 0 spiro atoms. The lowest BCUT2D eigenvalue weighted by atomic mass is 10.2. The van der Waals surface area contributed by atoms with Gasteiger partial charge in [0.15, 0.2) is 5.65 Å². The lowest BCUT2D eigenvalue weighted by Gasteiger charge is -2.10. The molecule has 1 saturated heterocycles. The fourth-order valence-corrected chi connectivity index (χ4v) is 4.22. The Labute approximate surface area is 197 Å². The van der Waals surface area contributed by atoms with Crippen LogP contribution >= 0.6 is 15.9 Å². The molecule has 168 valence electrons. The number of halogens is 1. The Morgan fingerprint density at radius 2 is 2.09 bits per heavy atom. The smallest absolute Gasteiger partial charge is 0.257 e. The predicted molar refractivity (Wildman–Crippen MR) is 130 cm³/mol. The molecule has 2 aromatic heterocycles. The van der Waals surface area contributed by atoms with Gasteiger partial charge in [-0.05, 0) is 43.2 Å². The third kappa shape index (κ3) is 4.14. The average Bonchev–Trinajstić information content (AvgIpc) is 3.42. The van der Waals surface area contributed by atoms with E-state index < -0.39 is 0 Å². The Balaban J connectivity index is 1.60. The van der Waals surface area contributed by atoms with E-state index in [1.54, 1.807) is 18.2 Å². The first-order chi connectivity index (χ1) is 16.0. The van der Waals surface area contributed by atoms with Crippen LogP contribution in [0.4, 0.5) is 5.82 Å². The number of carbonyl (C=O) groups excluding carboxylic acids is 1. The van der Waals surface area contributed by atoms with Crippen LogP contribution in [0.25, 0.3) is 22.2 Å². The van der Waals surface area contributed by atoms with E-state index in [2.05, 4.69) is 36.3 Å². The molecule has 1 unspecified atom stereocenters. The lowest BCUT2D eigenvalue weighted by Crippen LogP contribution is -2.32. The highest BCUT2D eigenvalue weighted by atomic mass is 79.9. The van der Waals surface area contributed by atoms with E-state index in [0.29, 0.717) is 40.9 Å². The molecule has 0 aliphatic carbocycles. The standard InChI is InChI=1S/C23H21BrN6O3/c24-14-7-8-18(31)13(10-14)11-27-30-21(25)19(23(32)26-12-15-4-3-9-33-15)20-22(30)29-17-6-2-1-5-16(17)28-20/h1-2,5-8,10-11,15,31H,3-4,9,12,25H2,(H,26,32). The van der Waals surface area contributed by atoms with E-state index in [0.717, 1.165) is 17.3 Å². The molecule has 4 aromatic rings. The SMILES string of the molecule is Nc1c(C(=O)NCC2CCCO2)c2nc3ccccc3nc2n1N=Cc1cc(Br)ccc1O. The van der Waals surface area contributed by atoms with Crippen LogP contribution in [0.2, 0.25) is 0 Å². The summed E-state index contributed by atoms with van der Waals surface area (Å²) in [5.74, 6) is -0.198. The van der Waals surface area contributed by atoms with Gasteiger partial charge in [-0.25, -0.2) is 9.97 Å². The molecule has 10 heteroatoms. The van der Waals surface area contributed by atoms with Crippen LogP contribution in [0.1, 0.15) is 28.8 Å². The Kier molecular flexibility index (Phi) is 5.69. The molecule has 1 amide bonds. The minimum absolute atomic E-state index is 0.00652. The summed E-state index contributed by atoms with van der Waals surface area (Å²) in [5, 5.41) is 17.5. The summed E-state index contributed by atoms with van der Waals surface area (Å²) >= 11 is 3.38. The van der Waals surface area contributed by atoms with Gasteiger partial charge in [0.1, 0.15) is 22.6 Å². The average molecular weight is 509 g/mol. The lowest BCUT2D eigenvalue weighted by molar-refractivity contribution is 0.0859. The molecule has 0 bridgehead atoms. The molecule has 1 aliphatic rings. The number of phenolic OH excluding ortho intramolecular Hbond substituents is 1. The van der Waals surface area contributed by atoms with Crippen LogP contribution in [-0.2, 0) is 4.74 Å². The fraction of sp³-hybridized carbons (Fsp3) is 0.217. The molecule has 1 fully saturated rings. The van der Waals surface area contributed by atoms with Gasteiger partial charge in [-0.3, -0.25) is 4.79 Å². The van der Waals surface area contributed by atoms with Crippen molar-refractivity contribution in [2.75, 3.05) is 18.9 Å². The topological polar surface area (TPSA) is 128 Å². The van der Waals surface area contributed by atoms with Gasteiger partial charge in [0.25, 0.3) is 5.91 Å². The number of nitrogens with zero attached hydrogens (tertiary/aromatic N) is 4. The van der Waals surface area contributed by atoms with Crippen molar-refractivity contribution in [3.8, 4) is 5.75 Å². The minimum atomic E-state index is -0.364. The fourth-order valence-electron chi connectivity index (χ4n) is 3.84. The molecule has 1 aliphatic heterocycles. The molecule has 2 aromatic carbocycles. The van der Waals surface area contributed by atoms with E-state index in [4.69, 9.17) is 10.5 Å². The molecule has 4 N–H and O–H groups in total. The maximum Gasteiger partial charge on any atom is 0.257 e. The zero-order valence-corrected chi connectivity index (χ0v) is 19.1. The highest BCUT2D eigenvalue weighted by molar-refractivity contribution is 9.10. The van der Waals surface area contributed by atoms with Crippen LogP contribution in [0, 0.1) is 0 Å². The number of para-hydroxylation sites is 2. The number of hydrogen-bond donors (Lipinski definition) is 3. The second kappa shape index (κ2) is 8.80. The molecule has 5 rings (SSSR count). The number of benzene rings is 2. The summed E-state index contributed by atoms with van der Waals surface area (Å²) in [5.41, 5.74) is 9.07. The summed E-state index contributed by atoms with van der Waals surface area (Å²) in [6.45, 7) is 1.09. The minimum Gasteiger partial charge on any atom is -0.507 e. The zero-order valence-electron chi connectivity index (χ0n) is 17.5. The van der Waals surface area contributed by atoms with E-state index in [-0.39, 0.29) is 29.1 Å².